The van der Waals surface area contributed by atoms with Gasteiger partial charge in [0.05, 0.1) is 19.7 Å². The van der Waals surface area contributed by atoms with E-state index in [2.05, 4.69) is 33.1 Å². The second-order valence-electron chi connectivity index (χ2n) is 6.45. The Bertz CT molecular complexity index is 685. The fourth-order valence-electron chi connectivity index (χ4n) is 2.47. The van der Waals surface area contributed by atoms with Gasteiger partial charge in [0.15, 0.2) is 5.96 Å². The van der Waals surface area contributed by atoms with Crippen molar-refractivity contribution in [3.05, 3.63) is 52.2 Å². The molecule has 1 aromatic carbocycles. The number of hydrogen-bond acceptors (Lipinski definition) is 5. The Balaban J connectivity index is 1.90. The van der Waals surface area contributed by atoms with Crippen molar-refractivity contribution in [1.82, 2.24) is 10.6 Å². The number of rotatable bonds is 10. The Morgan fingerprint density at radius 3 is 2.63 bits per heavy atom. The minimum absolute atomic E-state index is 0.387. The molecule has 0 bridgehead atoms. The first-order chi connectivity index (χ1) is 13.0. The number of methoxy groups -OCH3 is 1. The van der Waals surface area contributed by atoms with E-state index < -0.39 is 5.60 Å². The van der Waals surface area contributed by atoms with Gasteiger partial charge in [0.25, 0.3) is 0 Å². The molecule has 1 unspecified atom stereocenters. The molecular weight excluding hydrogens is 360 g/mol. The van der Waals surface area contributed by atoms with Crippen LogP contribution in [0, 0.1) is 0 Å². The summed E-state index contributed by atoms with van der Waals surface area (Å²) in [6, 6.07) is 10.1. The zero-order valence-electron chi connectivity index (χ0n) is 16.3. The summed E-state index contributed by atoms with van der Waals surface area (Å²) in [7, 11) is 1.69. The number of hydrogen-bond donors (Lipinski definition) is 4. The summed E-state index contributed by atoms with van der Waals surface area (Å²) in [5.41, 5.74) is 2.16. The van der Waals surface area contributed by atoms with Crippen molar-refractivity contribution in [3.8, 4) is 0 Å². The SMILES string of the molecule is CCNC(=NCc1ccc(NCCOC)cc1)NCC(C)(O)c1ccsc1. The molecule has 7 heteroatoms. The van der Waals surface area contributed by atoms with Crippen molar-refractivity contribution in [2.24, 2.45) is 4.99 Å². The standard InChI is InChI=1S/C20H30N4O2S/c1-4-21-19(24-15-20(2,25)17-9-12-27-14-17)23-13-16-5-7-18(8-6-16)22-10-11-26-3/h5-9,12,14,22,25H,4,10-11,13,15H2,1-3H3,(H2,21,23,24). The Morgan fingerprint density at radius 2 is 2.00 bits per heavy atom. The van der Waals surface area contributed by atoms with Gasteiger partial charge in [-0.2, -0.15) is 11.3 Å². The van der Waals surface area contributed by atoms with Crippen LogP contribution in [0.4, 0.5) is 5.69 Å². The van der Waals surface area contributed by atoms with Crippen molar-refractivity contribution in [2.45, 2.75) is 26.0 Å². The van der Waals surface area contributed by atoms with E-state index in [1.165, 1.54) is 0 Å². The monoisotopic (exact) mass is 390 g/mol. The maximum absolute atomic E-state index is 10.6. The van der Waals surface area contributed by atoms with Crippen LogP contribution >= 0.6 is 11.3 Å². The first-order valence-corrected chi connectivity index (χ1v) is 10.1. The molecule has 0 saturated heterocycles. The molecule has 148 valence electrons. The third kappa shape index (κ3) is 7.21. The highest BCUT2D eigenvalue weighted by atomic mass is 32.1. The summed E-state index contributed by atoms with van der Waals surface area (Å²) in [5.74, 6) is 0.690. The smallest absolute Gasteiger partial charge is 0.191 e. The second kappa shape index (κ2) is 10.9. The normalized spacial score (nSPS) is 13.9. The number of guanidine groups is 1. The molecule has 2 aromatic rings. The van der Waals surface area contributed by atoms with Gasteiger partial charge >= 0.3 is 0 Å². The molecule has 0 aliphatic carbocycles. The van der Waals surface area contributed by atoms with E-state index in [-0.39, 0.29) is 0 Å². The Kier molecular flexibility index (Phi) is 8.57. The van der Waals surface area contributed by atoms with Gasteiger partial charge in [0.1, 0.15) is 5.60 Å². The molecule has 6 nitrogen and oxygen atoms in total. The quantitative estimate of drug-likeness (QED) is 0.285. The highest BCUT2D eigenvalue weighted by Crippen LogP contribution is 2.21. The number of nitrogens with one attached hydrogen (secondary N) is 3. The topological polar surface area (TPSA) is 77.9 Å². The molecule has 0 amide bonds. The largest absolute Gasteiger partial charge is 0.384 e. The molecular formula is C20H30N4O2S. The molecule has 2 rings (SSSR count). The number of benzene rings is 1. The summed E-state index contributed by atoms with van der Waals surface area (Å²) in [6.07, 6.45) is 0. The Labute approximate surface area is 165 Å². The lowest BCUT2D eigenvalue weighted by molar-refractivity contribution is 0.0621. The van der Waals surface area contributed by atoms with Gasteiger partial charge in [-0.05, 0) is 53.9 Å². The lowest BCUT2D eigenvalue weighted by atomic mass is 9.99. The van der Waals surface area contributed by atoms with Crippen LogP contribution in [-0.4, -0.2) is 44.4 Å². The first-order valence-electron chi connectivity index (χ1n) is 9.14. The van der Waals surface area contributed by atoms with Crippen LogP contribution in [0.5, 0.6) is 0 Å². The highest BCUT2D eigenvalue weighted by molar-refractivity contribution is 7.08. The number of ether oxygens (including phenoxy) is 1. The minimum atomic E-state index is -0.939. The number of thiophene rings is 1. The molecule has 27 heavy (non-hydrogen) atoms. The third-order valence-corrected chi connectivity index (χ3v) is 4.78. The summed E-state index contributed by atoms with van der Waals surface area (Å²) in [4.78, 5) is 4.62. The van der Waals surface area contributed by atoms with Crippen molar-refractivity contribution in [3.63, 3.8) is 0 Å². The van der Waals surface area contributed by atoms with Crippen LogP contribution in [-0.2, 0) is 16.9 Å². The lowest BCUT2D eigenvalue weighted by Crippen LogP contribution is -2.44. The molecule has 1 aromatic heterocycles. The average molecular weight is 391 g/mol. The van der Waals surface area contributed by atoms with E-state index in [4.69, 9.17) is 4.74 Å². The molecule has 4 N–H and O–H groups in total. The van der Waals surface area contributed by atoms with Gasteiger partial charge in [0, 0.05) is 25.9 Å². The van der Waals surface area contributed by atoms with Gasteiger partial charge in [0.2, 0.25) is 0 Å². The van der Waals surface area contributed by atoms with E-state index in [1.807, 2.05) is 35.9 Å². The van der Waals surface area contributed by atoms with Crippen molar-refractivity contribution < 1.29 is 9.84 Å². The zero-order chi connectivity index (χ0) is 19.5. The molecule has 1 heterocycles. The van der Waals surface area contributed by atoms with Gasteiger partial charge in [-0.3, -0.25) is 0 Å². The van der Waals surface area contributed by atoms with Gasteiger partial charge in [-0.15, -0.1) is 0 Å². The number of anilines is 1. The van der Waals surface area contributed by atoms with E-state index >= 15 is 0 Å². The van der Waals surface area contributed by atoms with Crippen LogP contribution in [0.1, 0.15) is 25.0 Å². The van der Waals surface area contributed by atoms with Gasteiger partial charge < -0.3 is 25.8 Å². The maximum Gasteiger partial charge on any atom is 0.191 e. The minimum Gasteiger partial charge on any atom is -0.384 e. The van der Waals surface area contributed by atoms with E-state index in [1.54, 1.807) is 25.4 Å². The van der Waals surface area contributed by atoms with Crippen LogP contribution in [0.2, 0.25) is 0 Å². The molecule has 0 saturated carbocycles. The predicted molar refractivity (Wildman–Crippen MR) is 114 cm³/mol. The summed E-state index contributed by atoms with van der Waals surface area (Å²) in [6.45, 7) is 7.00. The predicted octanol–water partition coefficient (Wildman–Crippen LogP) is 2.77. The van der Waals surface area contributed by atoms with Crippen molar-refractivity contribution in [2.75, 3.05) is 38.7 Å². The highest BCUT2D eigenvalue weighted by Gasteiger charge is 2.23. The van der Waals surface area contributed by atoms with Crippen LogP contribution in [0.25, 0.3) is 0 Å². The average Bonchev–Trinajstić information content (AvgIpc) is 3.21. The van der Waals surface area contributed by atoms with E-state index in [0.29, 0.717) is 25.7 Å². The van der Waals surface area contributed by atoms with E-state index in [0.717, 1.165) is 29.9 Å². The molecule has 0 spiro atoms. The number of aliphatic imine (C=N–C) groups is 1. The summed E-state index contributed by atoms with van der Waals surface area (Å²) >= 11 is 1.58. The van der Waals surface area contributed by atoms with Crippen molar-refractivity contribution in [1.29, 1.82) is 0 Å². The Hall–Kier alpha value is -2.09. The fourth-order valence-corrected chi connectivity index (χ4v) is 3.25. The van der Waals surface area contributed by atoms with Crippen LogP contribution in [0.15, 0.2) is 46.1 Å². The van der Waals surface area contributed by atoms with Crippen molar-refractivity contribution >= 4 is 23.0 Å². The van der Waals surface area contributed by atoms with Crippen LogP contribution < -0.4 is 16.0 Å². The van der Waals surface area contributed by atoms with E-state index in [9.17, 15) is 5.11 Å². The zero-order valence-corrected chi connectivity index (χ0v) is 17.1. The molecule has 0 fully saturated rings. The summed E-state index contributed by atoms with van der Waals surface area (Å²) < 4.78 is 5.03. The Morgan fingerprint density at radius 1 is 1.22 bits per heavy atom. The molecule has 1 atom stereocenters. The van der Waals surface area contributed by atoms with Gasteiger partial charge in [-0.1, -0.05) is 12.1 Å². The van der Waals surface area contributed by atoms with Gasteiger partial charge in [-0.25, -0.2) is 4.99 Å². The molecule has 0 aliphatic heterocycles. The third-order valence-electron chi connectivity index (χ3n) is 4.10. The summed E-state index contributed by atoms with van der Waals surface area (Å²) in [5, 5.41) is 24.3. The maximum atomic E-state index is 10.6. The van der Waals surface area contributed by atoms with Crippen LogP contribution in [0.3, 0.4) is 0 Å². The molecule has 0 aliphatic rings. The second-order valence-corrected chi connectivity index (χ2v) is 7.23. The number of aliphatic hydroxyl groups is 1. The fraction of sp³-hybridized carbons (Fsp3) is 0.450. The number of nitrogens with zero attached hydrogens (tertiary/aromatic N) is 1. The molecule has 0 radical (unpaired) electrons. The lowest BCUT2D eigenvalue weighted by Gasteiger charge is -2.24. The first kappa shape index (κ1) is 21.2.